The van der Waals surface area contributed by atoms with Gasteiger partial charge in [0.1, 0.15) is 0 Å². The fourth-order valence-electron chi connectivity index (χ4n) is 3.08. The topological polar surface area (TPSA) is 62.6 Å². The van der Waals surface area contributed by atoms with Gasteiger partial charge in [-0.15, -0.1) is 11.8 Å². The highest BCUT2D eigenvalue weighted by molar-refractivity contribution is 7.98. The lowest BCUT2D eigenvalue weighted by Gasteiger charge is -2.18. The Balaban J connectivity index is 1.78. The Morgan fingerprint density at radius 2 is 1.64 bits per heavy atom. The number of likely N-dealkylation sites (N-methyl/N-ethyl adjacent to an activating group) is 1. The third-order valence-electron chi connectivity index (χ3n) is 4.62. The molecule has 28 heavy (non-hydrogen) atoms. The second-order valence-electron chi connectivity index (χ2n) is 6.88. The molecule has 0 aromatic heterocycles. The molecule has 0 saturated heterocycles. The summed E-state index contributed by atoms with van der Waals surface area (Å²) in [6, 6.07) is 17.9. The quantitative estimate of drug-likeness (QED) is 0.536. The standard InChI is InChI=1S/C22H29N3O2S/c1-4-17(18-10-6-5-7-11-18)14-23-21(26)15-25(2)16-22(27)24-19-12-8-9-13-20(19)28-3/h5-13,17H,4,14-16H2,1-3H3,(H,23,26)(H,24,27)/p+1/t17-/m1/s1. The van der Waals surface area contributed by atoms with Crippen molar-refractivity contribution >= 4 is 29.3 Å². The minimum atomic E-state index is -0.0949. The minimum Gasteiger partial charge on any atom is -0.351 e. The molecule has 2 aromatic carbocycles. The van der Waals surface area contributed by atoms with Gasteiger partial charge in [0.2, 0.25) is 0 Å². The lowest BCUT2D eigenvalue weighted by molar-refractivity contribution is -0.862. The van der Waals surface area contributed by atoms with Crippen LogP contribution in [0.3, 0.4) is 0 Å². The summed E-state index contributed by atoms with van der Waals surface area (Å²) >= 11 is 1.59. The predicted molar refractivity (Wildman–Crippen MR) is 116 cm³/mol. The number of hydrogen-bond acceptors (Lipinski definition) is 3. The second kappa shape index (κ2) is 11.5. The van der Waals surface area contributed by atoms with Gasteiger partial charge in [-0.3, -0.25) is 9.59 Å². The van der Waals surface area contributed by atoms with Gasteiger partial charge in [0.05, 0.1) is 12.7 Å². The zero-order chi connectivity index (χ0) is 20.4. The van der Waals surface area contributed by atoms with Crippen molar-refractivity contribution in [1.29, 1.82) is 0 Å². The fraction of sp³-hybridized carbons (Fsp3) is 0.364. The van der Waals surface area contributed by atoms with E-state index in [0.717, 1.165) is 21.9 Å². The van der Waals surface area contributed by atoms with Crippen LogP contribution >= 0.6 is 11.8 Å². The van der Waals surface area contributed by atoms with Gasteiger partial charge in [-0.05, 0) is 30.4 Å². The maximum atomic E-state index is 12.3. The van der Waals surface area contributed by atoms with Gasteiger partial charge in [-0.25, -0.2) is 0 Å². The number of hydrogen-bond donors (Lipinski definition) is 3. The number of para-hydroxylation sites is 1. The molecule has 0 aliphatic rings. The molecule has 0 fully saturated rings. The van der Waals surface area contributed by atoms with E-state index in [2.05, 4.69) is 29.7 Å². The summed E-state index contributed by atoms with van der Waals surface area (Å²) < 4.78 is 0. The van der Waals surface area contributed by atoms with Crippen LogP contribution in [0.4, 0.5) is 5.69 Å². The summed E-state index contributed by atoms with van der Waals surface area (Å²) in [6.07, 6.45) is 2.94. The van der Waals surface area contributed by atoms with Crippen molar-refractivity contribution in [2.75, 3.05) is 38.3 Å². The molecule has 3 N–H and O–H groups in total. The number of carbonyl (C=O) groups excluding carboxylic acids is 2. The maximum absolute atomic E-state index is 12.3. The first-order valence-electron chi connectivity index (χ1n) is 9.59. The molecule has 2 amide bonds. The van der Waals surface area contributed by atoms with E-state index in [1.807, 2.05) is 55.8 Å². The Labute approximate surface area is 171 Å². The highest BCUT2D eigenvalue weighted by atomic mass is 32.2. The minimum absolute atomic E-state index is 0.0378. The van der Waals surface area contributed by atoms with Crippen molar-refractivity contribution < 1.29 is 14.5 Å². The first-order chi connectivity index (χ1) is 13.5. The molecule has 2 atom stereocenters. The third-order valence-corrected chi connectivity index (χ3v) is 5.41. The van der Waals surface area contributed by atoms with E-state index in [-0.39, 0.29) is 24.9 Å². The van der Waals surface area contributed by atoms with E-state index in [1.54, 1.807) is 11.8 Å². The van der Waals surface area contributed by atoms with Gasteiger partial charge in [0, 0.05) is 17.4 Å². The molecule has 2 aromatic rings. The molecular weight excluding hydrogens is 370 g/mol. The number of benzene rings is 2. The number of nitrogens with one attached hydrogen (secondary N) is 3. The first-order valence-corrected chi connectivity index (χ1v) is 10.8. The molecule has 6 heteroatoms. The average molecular weight is 401 g/mol. The van der Waals surface area contributed by atoms with Crippen LogP contribution in [0.15, 0.2) is 59.5 Å². The van der Waals surface area contributed by atoms with E-state index in [0.29, 0.717) is 12.5 Å². The lowest BCUT2D eigenvalue weighted by Crippen LogP contribution is -3.11. The summed E-state index contributed by atoms with van der Waals surface area (Å²) in [5, 5.41) is 5.94. The lowest BCUT2D eigenvalue weighted by atomic mass is 9.96. The average Bonchev–Trinajstić information content (AvgIpc) is 2.69. The molecule has 0 aliphatic heterocycles. The van der Waals surface area contributed by atoms with E-state index in [1.165, 1.54) is 5.56 Å². The van der Waals surface area contributed by atoms with Crippen LogP contribution in [0.1, 0.15) is 24.8 Å². The van der Waals surface area contributed by atoms with Gasteiger partial charge in [0.15, 0.2) is 13.1 Å². The smallest absolute Gasteiger partial charge is 0.279 e. The summed E-state index contributed by atoms with van der Waals surface area (Å²) in [5.41, 5.74) is 2.05. The fourth-order valence-corrected chi connectivity index (χ4v) is 3.63. The van der Waals surface area contributed by atoms with Gasteiger partial charge in [0.25, 0.3) is 11.8 Å². The predicted octanol–water partition coefficient (Wildman–Crippen LogP) is 2.17. The van der Waals surface area contributed by atoms with Crippen molar-refractivity contribution in [3.63, 3.8) is 0 Å². The summed E-state index contributed by atoms with van der Waals surface area (Å²) in [7, 11) is 1.86. The van der Waals surface area contributed by atoms with Crippen molar-refractivity contribution in [3.05, 3.63) is 60.2 Å². The molecule has 0 radical (unpaired) electrons. The molecular formula is C22H30N3O2S+. The molecule has 1 unspecified atom stereocenters. The van der Waals surface area contributed by atoms with Crippen molar-refractivity contribution in [1.82, 2.24) is 5.32 Å². The van der Waals surface area contributed by atoms with E-state index >= 15 is 0 Å². The number of carbonyl (C=O) groups is 2. The molecule has 0 saturated carbocycles. The van der Waals surface area contributed by atoms with Crippen molar-refractivity contribution in [2.45, 2.75) is 24.2 Å². The molecule has 0 aliphatic carbocycles. The highest BCUT2D eigenvalue weighted by Crippen LogP contribution is 2.24. The third kappa shape index (κ3) is 7.02. The molecule has 2 rings (SSSR count). The van der Waals surface area contributed by atoms with E-state index < -0.39 is 0 Å². The van der Waals surface area contributed by atoms with Gasteiger partial charge < -0.3 is 15.5 Å². The zero-order valence-corrected chi connectivity index (χ0v) is 17.6. The van der Waals surface area contributed by atoms with Crippen LogP contribution in [0.25, 0.3) is 0 Å². The Morgan fingerprint density at radius 1 is 1.00 bits per heavy atom. The number of rotatable bonds is 10. The maximum Gasteiger partial charge on any atom is 0.279 e. The number of amides is 2. The van der Waals surface area contributed by atoms with E-state index in [9.17, 15) is 9.59 Å². The van der Waals surface area contributed by atoms with Crippen molar-refractivity contribution in [2.24, 2.45) is 0 Å². The zero-order valence-electron chi connectivity index (χ0n) is 16.8. The van der Waals surface area contributed by atoms with Crippen LogP contribution in [0, 0.1) is 0 Å². The SMILES string of the molecule is CC[C@H](CNC(=O)C[NH+](C)CC(=O)Nc1ccccc1SC)c1ccccc1. The molecule has 0 bridgehead atoms. The van der Waals surface area contributed by atoms with Crippen LogP contribution in [0.2, 0.25) is 0 Å². The van der Waals surface area contributed by atoms with Crippen molar-refractivity contribution in [3.8, 4) is 0 Å². The van der Waals surface area contributed by atoms with Gasteiger partial charge in [-0.1, -0.05) is 49.4 Å². The van der Waals surface area contributed by atoms with Crippen LogP contribution < -0.4 is 15.5 Å². The van der Waals surface area contributed by atoms with Gasteiger partial charge in [-0.2, -0.15) is 0 Å². The molecule has 150 valence electrons. The second-order valence-corrected chi connectivity index (χ2v) is 7.73. The monoisotopic (exact) mass is 400 g/mol. The molecule has 0 spiro atoms. The molecule has 0 heterocycles. The Hall–Kier alpha value is -2.31. The van der Waals surface area contributed by atoms with E-state index in [4.69, 9.17) is 0 Å². The van der Waals surface area contributed by atoms with Crippen LogP contribution in [-0.4, -0.2) is 44.8 Å². The van der Waals surface area contributed by atoms with Gasteiger partial charge >= 0.3 is 0 Å². The largest absolute Gasteiger partial charge is 0.351 e. The Morgan fingerprint density at radius 3 is 2.32 bits per heavy atom. The van der Waals surface area contributed by atoms with Crippen LogP contribution in [-0.2, 0) is 9.59 Å². The normalized spacial score (nSPS) is 12.8. The number of anilines is 1. The number of thioether (sulfide) groups is 1. The summed E-state index contributed by atoms with van der Waals surface area (Å²) in [4.78, 5) is 26.5. The Kier molecular flexibility index (Phi) is 9.04. The summed E-state index contributed by atoms with van der Waals surface area (Å²) in [6.45, 7) is 3.24. The number of quaternary nitrogens is 1. The van der Waals surface area contributed by atoms with Crippen LogP contribution in [0.5, 0.6) is 0 Å². The Bertz CT molecular complexity index is 767. The molecule has 5 nitrogen and oxygen atoms in total. The summed E-state index contributed by atoms with van der Waals surface area (Å²) in [5.74, 6) is 0.170. The highest BCUT2D eigenvalue weighted by Gasteiger charge is 2.16. The first kappa shape index (κ1) is 22.0.